The summed E-state index contributed by atoms with van der Waals surface area (Å²) in [5, 5.41) is 21.9. The molecule has 5 rings (SSSR count). The molecule has 2 heterocycles. The van der Waals surface area contributed by atoms with Gasteiger partial charge in [0.15, 0.2) is 24.1 Å². The molecule has 0 bridgehead atoms. The molecule has 2 saturated heterocycles. The summed E-state index contributed by atoms with van der Waals surface area (Å²) < 4.78 is 29.5. The second-order valence-electron chi connectivity index (χ2n) is 8.67. The van der Waals surface area contributed by atoms with Gasteiger partial charge in [-0.15, -0.1) is 0 Å². The number of benzene rings is 3. The number of nitrogens with zero attached hydrogens (tertiary/aromatic N) is 1. The first-order chi connectivity index (χ1) is 17.6. The van der Waals surface area contributed by atoms with Crippen LogP contribution in [0.25, 0.3) is 0 Å². The molecule has 2 aliphatic rings. The Morgan fingerprint density at radius 1 is 0.972 bits per heavy atom. The van der Waals surface area contributed by atoms with Gasteiger partial charge in [-0.3, -0.25) is 4.99 Å². The van der Waals surface area contributed by atoms with E-state index in [4.69, 9.17) is 23.7 Å². The molecule has 3 aromatic rings. The van der Waals surface area contributed by atoms with Crippen LogP contribution in [-0.2, 0) is 25.6 Å². The van der Waals surface area contributed by atoms with Crippen LogP contribution in [0.1, 0.15) is 23.0 Å². The third kappa shape index (κ3) is 5.28. The lowest BCUT2D eigenvalue weighted by atomic mass is 9.96. The van der Waals surface area contributed by atoms with Gasteiger partial charge in [-0.2, -0.15) is 0 Å². The van der Waals surface area contributed by atoms with Gasteiger partial charge in [0, 0.05) is 17.3 Å². The zero-order chi connectivity index (χ0) is 24.9. The van der Waals surface area contributed by atoms with E-state index in [1.165, 1.54) is 13.3 Å². The molecule has 188 valence electrons. The first-order valence-corrected chi connectivity index (χ1v) is 11.8. The molecule has 0 aromatic heterocycles. The zero-order valence-corrected chi connectivity index (χ0v) is 19.8. The highest BCUT2D eigenvalue weighted by Gasteiger charge is 2.49. The molecule has 2 N–H and O–H groups in total. The van der Waals surface area contributed by atoms with Gasteiger partial charge in [-0.25, -0.2) is 0 Å². The SMILES string of the molecule is COc1cccc(C=N[C@H]2[C@@H](OCc3ccccc3)O[C@@H]3CO[C@@H](c4ccccc4)O[C@H]3[C@@H]2O)c1O. The van der Waals surface area contributed by atoms with Crippen molar-refractivity contribution < 1.29 is 33.9 Å². The number of aliphatic hydroxyl groups excluding tert-OH is 1. The molecule has 2 fully saturated rings. The summed E-state index contributed by atoms with van der Waals surface area (Å²) >= 11 is 0. The number of aliphatic imine (C=N–C) groups is 1. The minimum Gasteiger partial charge on any atom is -0.504 e. The van der Waals surface area contributed by atoms with Gasteiger partial charge >= 0.3 is 0 Å². The quantitative estimate of drug-likeness (QED) is 0.487. The molecular formula is C28H29NO7. The fraction of sp³-hybridized carbons (Fsp3) is 0.321. The Labute approximate surface area is 209 Å². The fourth-order valence-electron chi connectivity index (χ4n) is 4.38. The molecule has 8 nitrogen and oxygen atoms in total. The van der Waals surface area contributed by atoms with Gasteiger partial charge < -0.3 is 33.9 Å². The maximum absolute atomic E-state index is 11.4. The predicted molar refractivity (Wildman–Crippen MR) is 132 cm³/mol. The Morgan fingerprint density at radius 2 is 1.72 bits per heavy atom. The summed E-state index contributed by atoms with van der Waals surface area (Å²) in [5.41, 5.74) is 2.26. The predicted octanol–water partition coefficient (Wildman–Crippen LogP) is 3.61. The maximum atomic E-state index is 11.4. The zero-order valence-electron chi connectivity index (χ0n) is 19.8. The lowest BCUT2D eigenvalue weighted by molar-refractivity contribution is -0.343. The van der Waals surface area contributed by atoms with E-state index in [-0.39, 0.29) is 19.0 Å². The van der Waals surface area contributed by atoms with E-state index in [0.717, 1.165) is 11.1 Å². The molecule has 0 radical (unpaired) electrons. The highest BCUT2D eigenvalue weighted by Crippen LogP contribution is 2.36. The van der Waals surface area contributed by atoms with E-state index in [0.29, 0.717) is 11.3 Å². The second kappa shape index (κ2) is 11.2. The average molecular weight is 492 g/mol. The Morgan fingerprint density at radius 3 is 2.47 bits per heavy atom. The van der Waals surface area contributed by atoms with Crippen molar-refractivity contribution in [2.75, 3.05) is 13.7 Å². The number of aliphatic hydroxyl groups is 1. The minimum absolute atomic E-state index is 0.0407. The first-order valence-electron chi connectivity index (χ1n) is 11.8. The van der Waals surface area contributed by atoms with Crippen molar-refractivity contribution in [3.63, 3.8) is 0 Å². The minimum atomic E-state index is -1.04. The summed E-state index contributed by atoms with van der Waals surface area (Å²) in [6.45, 7) is 0.514. The van der Waals surface area contributed by atoms with Gasteiger partial charge in [0.05, 0.1) is 20.3 Å². The highest BCUT2D eigenvalue weighted by molar-refractivity contribution is 5.85. The molecule has 0 amide bonds. The van der Waals surface area contributed by atoms with Gasteiger partial charge in [0.25, 0.3) is 0 Å². The van der Waals surface area contributed by atoms with Crippen molar-refractivity contribution in [1.82, 2.24) is 0 Å². The third-order valence-electron chi connectivity index (χ3n) is 6.30. The molecule has 0 unspecified atom stereocenters. The van der Waals surface area contributed by atoms with Crippen LogP contribution in [0.4, 0.5) is 0 Å². The van der Waals surface area contributed by atoms with Crippen molar-refractivity contribution in [2.24, 2.45) is 4.99 Å². The molecule has 8 heteroatoms. The summed E-state index contributed by atoms with van der Waals surface area (Å²) in [4.78, 5) is 4.59. The summed E-state index contributed by atoms with van der Waals surface area (Å²) in [7, 11) is 1.48. The standard InChI is InChI=1S/C28H29NO7/c1-32-21-14-8-13-20(24(21)30)15-29-23-25(31)26-22(17-34-27(36-26)19-11-6-3-7-12-19)35-28(23)33-16-18-9-4-2-5-10-18/h2-15,22-23,25-28,30-31H,16-17H2,1H3/t22-,23-,25-,26-,27-,28+/m1/s1. The summed E-state index contributed by atoms with van der Waals surface area (Å²) in [6, 6.07) is 23.5. The molecule has 36 heavy (non-hydrogen) atoms. The number of fused-ring (bicyclic) bond motifs is 1. The molecule has 3 aromatic carbocycles. The molecule has 2 aliphatic heterocycles. The van der Waals surface area contributed by atoms with Crippen LogP contribution in [0, 0.1) is 0 Å². The molecule has 0 aliphatic carbocycles. The van der Waals surface area contributed by atoms with Crippen LogP contribution in [0.5, 0.6) is 11.5 Å². The van der Waals surface area contributed by atoms with Gasteiger partial charge in [0.2, 0.25) is 0 Å². The molecular weight excluding hydrogens is 462 g/mol. The summed E-state index contributed by atoms with van der Waals surface area (Å²) in [6.07, 6.45) is -2.24. The van der Waals surface area contributed by atoms with Crippen LogP contribution in [0.2, 0.25) is 0 Å². The van der Waals surface area contributed by atoms with Gasteiger partial charge in [-0.1, -0.05) is 66.7 Å². The van der Waals surface area contributed by atoms with E-state index in [9.17, 15) is 10.2 Å². The average Bonchev–Trinajstić information content (AvgIpc) is 2.93. The van der Waals surface area contributed by atoms with Crippen LogP contribution < -0.4 is 4.74 Å². The Kier molecular flexibility index (Phi) is 7.60. The second-order valence-corrected chi connectivity index (χ2v) is 8.67. The smallest absolute Gasteiger partial charge is 0.184 e. The van der Waals surface area contributed by atoms with Crippen molar-refractivity contribution in [3.8, 4) is 11.5 Å². The van der Waals surface area contributed by atoms with Crippen molar-refractivity contribution >= 4 is 6.21 Å². The first kappa shape index (κ1) is 24.4. The van der Waals surface area contributed by atoms with E-state index >= 15 is 0 Å². The Bertz CT molecular complexity index is 1160. The van der Waals surface area contributed by atoms with Crippen molar-refractivity contribution in [1.29, 1.82) is 0 Å². The number of para-hydroxylation sites is 1. The van der Waals surface area contributed by atoms with Crippen LogP contribution in [-0.4, -0.2) is 60.8 Å². The fourth-order valence-corrected chi connectivity index (χ4v) is 4.38. The topological polar surface area (TPSA) is 99.0 Å². The van der Waals surface area contributed by atoms with Crippen LogP contribution in [0.15, 0.2) is 83.9 Å². The number of hydrogen-bond acceptors (Lipinski definition) is 8. The molecule has 0 spiro atoms. The van der Waals surface area contributed by atoms with E-state index in [1.54, 1.807) is 18.2 Å². The monoisotopic (exact) mass is 491 g/mol. The molecule has 0 saturated carbocycles. The van der Waals surface area contributed by atoms with E-state index in [1.807, 2.05) is 60.7 Å². The highest BCUT2D eigenvalue weighted by atomic mass is 16.7. The number of methoxy groups -OCH3 is 1. The Balaban J connectivity index is 1.39. The van der Waals surface area contributed by atoms with Crippen LogP contribution >= 0.6 is 0 Å². The number of phenolic OH excluding ortho intramolecular Hbond substituents is 1. The van der Waals surface area contributed by atoms with E-state index < -0.39 is 36.9 Å². The third-order valence-corrected chi connectivity index (χ3v) is 6.30. The number of ether oxygens (including phenoxy) is 5. The summed E-state index contributed by atoms with van der Waals surface area (Å²) in [5.74, 6) is 0.288. The van der Waals surface area contributed by atoms with E-state index in [2.05, 4.69) is 4.99 Å². The van der Waals surface area contributed by atoms with Crippen molar-refractivity contribution in [2.45, 2.75) is 43.5 Å². The maximum Gasteiger partial charge on any atom is 0.184 e. The number of rotatable bonds is 7. The number of aromatic hydroxyl groups is 1. The molecule has 6 atom stereocenters. The van der Waals surface area contributed by atoms with Crippen molar-refractivity contribution in [3.05, 3.63) is 95.6 Å². The lowest BCUT2D eigenvalue weighted by Gasteiger charge is -2.46. The lowest BCUT2D eigenvalue weighted by Crippen LogP contribution is -2.61. The Hall–Kier alpha value is -3.27. The van der Waals surface area contributed by atoms with Gasteiger partial charge in [-0.05, 0) is 17.7 Å². The van der Waals surface area contributed by atoms with Crippen LogP contribution in [0.3, 0.4) is 0 Å². The van der Waals surface area contributed by atoms with Gasteiger partial charge in [0.1, 0.15) is 24.4 Å². The number of hydrogen-bond donors (Lipinski definition) is 2. The number of phenols is 1. The largest absolute Gasteiger partial charge is 0.504 e. The normalized spacial score (nSPS) is 28.1.